The van der Waals surface area contributed by atoms with Crippen molar-refractivity contribution in [1.82, 2.24) is 0 Å². The molecule has 8 atom stereocenters. The van der Waals surface area contributed by atoms with E-state index in [9.17, 15) is 24.3 Å². The molecular formula is C25H32O10. The topological polar surface area (TPSA) is 135 Å². The molecule has 4 fully saturated rings. The van der Waals surface area contributed by atoms with E-state index in [1.54, 1.807) is 20.8 Å². The van der Waals surface area contributed by atoms with Crippen LogP contribution in [0.15, 0.2) is 11.1 Å². The average molecular weight is 493 g/mol. The summed E-state index contributed by atoms with van der Waals surface area (Å²) in [6, 6.07) is 0. The molecule has 2 heterocycles. The van der Waals surface area contributed by atoms with Crippen LogP contribution < -0.4 is 0 Å². The van der Waals surface area contributed by atoms with Crippen molar-refractivity contribution in [2.24, 2.45) is 16.7 Å². The Labute approximate surface area is 203 Å². The van der Waals surface area contributed by atoms with Gasteiger partial charge in [0.05, 0.1) is 18.9 Å². The number of carbonyl (C=O) groups excluding carboxylic acids is 4. The van der Waals surface area contributed by atoms with Gasteiger partial charge in [0, 0.05) is 24.7 Å². The van der Waals surface area contributed by atoms with Crippen LogP contribution in [0.4, 0.5) is 4.79 Å². The maximum absolute atomic E-state index is 13.4. The maximum Gasteiger partial charge on any atom is 0.509 e. The Kier molecular flexibility index (Phi) is 5.05. The normalized spacial score (nSPS) is 45.4. The average Bonchev–Trinajstić information content (AvgIpc) is 3.04. The minimum atomic E-state index is -1.47. The summed E-state index contributed by atoms with van der Waals surface area (Å²) >= 11 is 0. The highest BCUT2D eigenvalue weighted by atomic mass is 16.8. The molecule has 3 aliphatic carbocycles. The lowest BCUT2D eigenvalue weighted by Gasteiger charge is -2.66. The number of carbonyl (C=O) groups is 4. The van der Waals surface area contributed by atoms with Crippen molar-refractivity contribution in [2.75, 3.05) is 6.61 Å². The van der Waals surface area contributed by atoms with Crippen LogP contribution in [0.1, 0.15) is 60.8 Å². The van der Waals surface area contributed by atoms with Gasteiger partial charge < -0.3 is 28.8 Å². The van der Waals surface area contributed by atoms with Gasteiger partial charge in [-0.25, -0.2) is 4.79 Å². The molecule has 1 spiro atoms. The van der Waals surface area contributed by atoms with Crippen LogP contribution >= 0.6 is 0 Å². The Morgan fingerprint density at radius 1 is 1.11 bits per heavy atom. The summed E-state index contributed by atoms with van der Waals surface area (Å²) in [6.45, 7) is 9.65. The standard InChI is InChI=1S/C25H32O10/c1-11-14(28)9-25-20(33-21(30)35-25)18-23(6,8-7-15-24(18,10-31-15)34-13(3)27)19(29)17(32-12(2)26)16(11)22(25,4)5/h15,17-20,29H,7-10H2,1-6H3/t15-,17-,18+,19+,20+,23-,24+,25-/m1/s1. The first-order chi connectivity index (χ1) is 16.2. The molecule has 0 aromatic carbocycles. The number of allylic oxidation sites excluding steroid dienone is 1. The van der Waals surface area contributed by atoms with Crippen molar-refractivity contribution in [1.29, 1.82) is 0 Å². The first-order valence-corrected chi connectivity index (χ1v) is 12.0. The van der Waals surface area contributed by atoms with Gasteiger partial charge in [-0.05, 0) is 30.9 Å². The van der Waals surface area contributed by atoms with Gasteiger partial charge in [0.25, 0.3) is 0 Å². The molecule has 2 bridgehead atoms. The van der Waals surface area contributed by atoms with Crippen molar-refractivity contribution in [2.45, 2.75) is 96.4 Å². The number of aliphatic hydroxyl groups is 1. The highest BCUT2D eigenvalue weighted by Crippen LogP contribution is 2.66. The number of esters is 2. The van der Waals surface area contributed by atoms with Gasteiger partial charge in [0.1, 0.15) is 12.2 Å². The second kappa shape index (κ2) is 7.29. The van der Waals surface area contributed by atoms with E-state index in [1.807, 2.05) is 6.92 Å². The summed E-state index contributed by atoms with van der Waals surface area (Å²) in [6.07, 6.45) is -4.17. The summed E-state index contributed by atoms with van der Waals surface area (Å²) in [4.78, 5) is 50.7. The Balaban J connectivity index is 1.83. The third-order valence-corrected chi connectivity index (χ3v) is 9.34. The maximum atomic E-state index is 13.4. The van der Waals surface area contributed by atoms with Crippen molar-refractivity contribution in [3.8, 4) is 0 Å². The predicted molar refractivity (Wildman–Crippen MR) is 117 cm³/mol. The molecule has 0 aromatic rings. The number of aliphatic hydroxyl groups excluding tert-OH is 1. The third-order valence-electron chi connectivity index (χ3n) is 9.34. The first-order valence-electron chi connectivity index (χ1n) is 12.0. The van der Waals surface area contributed by atoms with Gasteiger partial charge in [-0.3, -0.25) is 14.4 Å². The number of ether oxygens (including phenoxy) is 5. The quantitative estimate of drug-likeness (QED) is 0.450. The zero-order chi connectivity index (χ0) is 25.7. The van der Waals surface area contributed by atoms with Gasteiger partial charge in [-0.15, -0.1) is 0 Å². The van der Waals surface area contributed by atoms with E-state index in [4.69, 9.17) is 23.7 Å². The monoisotopic (exact) mass is 492 g/mol. The number of ketones is 1. The lowest BCUT2D eigenvalue weighted by molar-refractivity contribution is -0.337. The summed E-state index contributed by atoms with van der Waals surface area (Å²) < 4.78 is 29.2. The van der Waals surface area contributed by atoms with Crippen LogP contribution in [0.5, 0.6) is 0 Å². The van der Waals surface area contributed by atoms with Crippen LogP contribution in [0.3, 0.4) is 0 Å². The summed E-state index contributed by atoms with van der Waals surface area (Å²) in [5.74, 6) is -2.25. The smallest absolute Gasteiger partial charge is 0.455 e. The first kappa shape index (κ1) is 24.2. The van der Waals surface area contributed by atoms with Crippen LogP contribution in [-0.4, -0.2) is 71.2 Å². The minimum absolute atomic E-state index is 0.0443. The van der Waals surface area contributed by atoms with Crippen molar-refractivity contribution in [3.63, 3.8) is 0 Å². The van der Waals surface area contributed by atoms with Crippen LogP contribution in [0.2, 0.25) is 0 Å². The Bertz CT molecular complexity index is 1060. The minimum Gasteiger partial charge on any atom is -0.455 e. The van der Waals surface area contributed by atoms with Gasteiger partial charge in [-0.2, -0.15) is 0 Å². The molecule has 35 heavy (non-hydrogen) atoms. The molecule has 1 N–H and O–H groups in total. The SMILES string of the molecule is CC(=O)O[C@@H]1C2=C(C)C(=O)C[C@]3(OC(=O)O[C@H]3[C@H]3[C@@](C)(CC[C@H]4OC[C@]43OC(C)=O)[C@H]1O)C2(C)C. The molecule has 5 rings (SSSR count). The number of hydrogen-bond donors (Lipinski definition) is 1. The summed E-state index contributed by atoms with van der Waals surface area (Å²) in [5.41, 5.74) is -4.02. The Morgan fingerprint density at radius 2 is 1.80 bits per heavy atom. The molecule has 10 nitrogen and oxygen atoms in total. The summed E-state index contributed by atoms with van der Waals surface area (Å²) in [7, 11) is 0. The van der Waals surface area contributed by atoms with Gasteiger partial charge in [0.15, 0.2) is 29.2 Å². The predicted octanol–water partition coefficient (Wildman–Crippen LogP) is 2.00. The van der Waals surface area contributed by atoms with Gasteiger partial charge in [-0.1, -0.05) is 20.8 Å². The van der Waals surface area contributed by atoms with Gasteiger partial charge in [0.2, 0.25) is 0 Å². The zero-order valence-corrected chi connectivity index (χ0v) is 20.8. The lowest BCUT2D eigenvalue weighted by Crippen LogP contribution is -2.79. The Morgan fingerprint density at radius 3 is 2.37 bits per heavy atom. The Hall–Kier alpha value is -2.46. The molecule has 5 aliphatic rings. The van der Waals surface area contributed by atoms with E-state index in [0.29, 0.717) is 24.0 Å². The molecule has 2 aliphatic heterocycles. The molecule has 10 heteroatoms. The van der Waals surface area contributed by atoms with Gasteiger partial charge >= 0.3 is 18.1 Å². The second-order valence-corrected chi connectivity index (χ2v) is 11.4. The lowest BCUT2D eigenvalue weighted by atomic mass is 9.45. The fourth-order valence-corrected chi connectivity index (χ4v) is 7.70. The summed E-state index contributed by atoms with van der Waals surface area (Å²) in [5, 5.41) is 12.0. The molecule has 2 saturated heterocycles. The van der Waals surface area contributed by atoms with Crippen molar-refractivity contribution in [3.05, 3.63) is 11.1 Å². The van der Waals surface area contributed by atoms with Crippen molar-refractivity contribution < 1.29 is 48.0 Å². The zero-order valence-electron chi connectivity index (χ0n) is 20.8. The van der Waals surface area contributed by atoms with E-state index in [0.717, 1.165) is 0 Å². The van der Waals surface area contributed by atoms with E-state index in [2.05, 4.69) is 0 Å². The third kappa shape index (κ3) is 2.89. The molecule has 0 radical (unpaired) electrons. The van der Waals surface area contributed by atoms with Crippen LogP contribution in [0, 0.1) is 16.7 Å². The fourth-order valence-electron chi connectivity index (χ4n) is 7.70. The highest BCUT2D eigenvalue weighted by molar-refractivity contribution is 5.99. The van der Waals surface area contributed by atoms with E-state index in [-0.39, 0.29) is 18.8 Å². The van der Waals surface area contributed by atoms with E-state index in [1.165, 1.54) is 13.8 Å². The largest absolute Gasteiger partial charge is 0.509 e. The molecule has 0 amide bonds. The van der Waals surface area contributed by atoms with Crippen molar-refractivity contribution >= 4 is 23.9 Å². The molecule has 2 saturated carbocycles. The highest BCUT2D eigenvalue weighted by Gasteiger charge is 2.79. The molecule has 0 unspecified atom stereocenters. The van der Waals surface area contributed by atoms with Crippen LogP contribution in [0.25, 0.3) is 0 Å². The number of fused-ring (bicyclic) bond motifs is 5. The van der Waals surface area contributed by atoms with Crippen LogP contribution in [-0.2, 0) is 38.1 Å². The molecular weight excluding hydrogens is 460 g/mol. The number of rotatable bonds is 2. The fraction of sp³-hybridized carbons (Fsp3) is 0.760. The van der Waals surface area contributed by atoms with E-state index >= 15 is 0 Å². The molecule has 192 valence electrons. The number of Topliss-reactive ketones (excluding diaryl/α,β-unsaturated/α-hetero) is 1. The molecule has 0 aromatic heterocycles. The number of hydrogen-bond acceptors (Lipinski definition) is 10. The van der Waals surface area contributed by atoms with E-state index < -0.39 is 70.5 Å². The second-order valence-electron chi connectivity index (χ2n) is 11.4.